The lowest BCUT2D eigenvalue weighted by atomic mass is 10.1. The number of thioether (sulfide) groups is 1. The maximum absolute atomic E-state index is 4.55. The van der Waals surface area contributed by atoms with E-state index in [0.29, 0.717) is 0 Å². The van der Waals surface area contributed by atoms with Crippen LogP contribution in [0.5, 0.6) is 0 Å². The summed E-state index contributed by atoms with van der Waals surface area (Å²) in [5.41, 5.74) is 1.10. The van der Waals surface area contributed by atoms with Crippen LogP contribution in [0.4, 0.5) is 0 Å². The third kappa shape index (κ3) is 1.75. The predicted molar refractivity (Wildman–Crippen MR) is 62.9 cm³/mol. The van der Waals surface area contributed by atoms with E-state index in [1.54, 1.807) is 0 Å². The monoisotopic (exact) mass is 203 g/mol. The fourth-order valence-corrected chi connectivity index (χ4v) is 2.37. The fraction of sp³-hybridized carbons (Fsp3) is 0.250. The van der Waals surface area contributed by atoms with Gasteiger partial charge in [-0.1, -0.05) is 31.2 Å². The predicted octanol–water partition coefficient (Wildman–Crippen LogP) is 3.66. The molecule has 0 spiro atoms. The van der Waals surface area contributed by atoms with Crippen LogP contribution in [-0.4, -0.2) is 10.7 Å². The molecular weight excluding hydrogens is 190 g/mol. The summed E-state index contributed by atoms with van der Waals surface area (Å²) in [6, 6.07) is 10.6. The molecule has 0 N–H and O–H groups in total. The largest absolute Gasteiger partial charge is 0.246 e. The normalized spacial score (nSPS) is 10.7. The highest BCUT2D eigenvalue weighted by atomic mass is 32.2. The molecule has 14 heavy (non-hydrogen) atoms. The van der Waals surface area contributed by atoms with E-state index in [-0.39, 0.29) is 0 Å². The molecule has 0 unspecified atom stereocenters. The van der Waals surface area contributed by atoms with Crippen LogP contribution in [-0.2, 0) is 0 Å². The number of fused-ring (bicyclic) bond motifs is 1. The second-order valence-electron chi connectivity index (χ2n) is 3.22. The van der Waals surface area contributed by atoms with Crippen molar-refractivity contribution in [1.29, 1.82) is 0 Å². The molecule has 1 nitrogen and oxygen atoms in total. The molecule has 1 aromatic heterocycles. The molecule has 2 aromatic rings. The number of hydrogen-bond acceptors (Lipinski definition) is 2. The average Bonchev–Trinajstić information content (AvgIpc) is 2.18. The molecule has 0 aliphatic heterocycles. The van der Waals surface area contributed by atoms with Crippen LogP contribution < -0.4 is 0 Å². The summed E-state index contributed by atoms with van der Waals surface area (Å²) in [6.07, 6.45) is 0. The van der Waals surface area contributed by atoms with E-state index in [1.165, 1.54) is 10.8 Å². The van der Waals surface area contributed by atoms with Crippen molar-refractivity contribution in [3.05, 3.63) is 36.0 Å². The number of aromatic nitrogens is 1. The molecule has 0 fully saturated rings. The quantitative estimate of drug-likeness (QED) is 0.691. The number of hydrogen-bond donors (Lipinski definition) is 0. The van der Waals surface area contributed by atoms with Gasteiger partial charge in [0.05, 0.1) is 0 Å². The first-order valence-corrected chi connectivity index (χ1v) is 5.79. The summed E-state index contributed by atoms with van der Waals surface area (Å²) in [6.45, 7) is 4.20. The average molecular weight is 203 g/mol. The van der Waals surface area contributed by atoms with Gasteiger partial charge >= 0.3 is 0 Å². The Morgan fingerprint density at radius 3 is 2.86 bits per heavy atom. The van der Waals surface area contributed by atoms with Crippen LogP contribution in [0.15, 0.2) is 35.4 Å². The standard InChI is InChI=1S/C12H13NS/c1-3-14-12-11-7-5-4-6-10(11)8-9(2)13-12/h4-8H,3H2,1-2H3. The van der Waals surface area contributed by atoms with E-state index in [0.717, 1.165) is 16.5 Å². The van der Waals surface area contributed by atoms with E-state index in [9.17, 15) is 0 Å². The number of nitrogens with zero attached hydrogens (tertiary/aromatic N) is 1. The summed E-state index contributed by atoms with van der Waals surface area (Å²) in [5.74, 6) is 1.07. The Hall–Kier alpha value is -1.02. The van der Waals surface area contributed by atoms with Crippen LogP contribution in [0.25, 0.3) is 10.8 Å². The molecule has 0 amide bonds. The molecule has 72 valence electrons. The Morgan fingerprint density at radius 2 is 2.07 bits per heavy atom. The molecule has 2 heteroatoms. The van der Waals surface area contributed by atoms with Gasteiger partial charge in [0.1, 0.15) is 5.03 Å². The number of aryl methyl sites for hydroxylation is 1. The molecule has 0 saturated heterocycles. The second-order valence-corrected chi connectivity index (χ2v) is 4.48. The first kappa shape index (κ1) is 9.53. The van der Waals surface area contributed by atoms with Crippen LogP contribution in [0.3, 0.4) is 0 Å². The minimum Gasteiger partial charge on any atom is -0.246 e. The first-order chi connectivity index (χ1) is 6.81. The van der Waals surface area contributed by atoms with Gasteiger partial charge in [-0.3, -0.25) is 0 Å². The van der Waals surface area contributed by atoms with Crippen molar-refractivity contribution in [2.75, 3.05) is 5.75 Å². The summed E-state index contributed by atoms with van der Waals surface area (Å²) >= 11 is 1.81. The Bertz CT molecular complexity index is 451. The minimum atomic E-state index is 1.07. The molecule has 1 heterocycles. The zero-order valence-corrected chi connectivity index (χ0v) is 9.27. The maximum atomic E-state index is 4.55. The second kappa shape index (κ2) is 4.01. The Balaban J connectivity index is 2.67. The number of pyridine rings is 1. The van der Waals surface area contributed by atoms with Crippen LogP contribution in [0, 0.1) is 6.92 Å². The highest BCUT2D eigenvalue weighted by molar-refractivity contribution is 7.99. The van der Waals surface area contributed by atoms with Crippen molar-refractivity contribution in [2.24, 2.45) is 0 Å². The molecule has 0 aliphatic carbocycles. The topological polar surface area (TPSA) is 12.9 Å². The van der Waals surface area contributed by atoms with E-state index in [1.807, 2.05) is 18.7 Å². The van der Waals surface area contributed by atoms with Crippen molar-refractivity contribution >= 4 is 22.5 Å². The third-order valence-electron chi connectivity index (χ3n) is 2.11. The van der Waals surface area contributed by atoms with Crippen molar-refractivity contribution in [3.8, 4) is 0 Å². The highest BCUT2D eigenvalue weighted by Gasteiger charge is 2.02. The molecule has 0 aliphatic rings. The first-order valence-electron chi connectivity index (χ1n) is 4.80. The Morgan fingerprint density at radius 1 is 1.29 bits per heavy atom. The molecule has 1 aromatic carbocycles. The molecule has 0 saturated carbocycles. The minimum absolute atomic E-state index is 1.07. The van der Waals surface area contributed by atoms with Crippen molar-refractivity contribution in [1.82, 2.24) is 4.98 Å². The zero-order chi connectivity index (χ0) is 9.97. The molecular formula is C12H13NS. The van der Waals surface area contributed by atoms with Gasteiger partial charge in [-0.15, -0.1) is 11.8 Å². The van der Waals surface area contributed by atoms with Crippen molar-refractivity contribution in [3.63, 3.8) is 0 Å². The van der Waals surface area contributed by atoms with Gasteiger partial charge in [0.15, 0.2) is 0 Å². The molecule has 0 atom stereocenters. The van der Waals surface area contributed by atoms with E-state index >= 15 is 0 Å². The lowest BCUT2D eigenvalue weighted by Crippen LogP contribution is -1.87. The van der Waals surface area contributed by atoms with E-state index in [2.05, 4.69) is 42.2 Å². The molecule has 0 radical (unpaired) electrons. The fourth-order valence-electron chi connectivity index (χ4n) is 1.54. The molecule has 2 rings (SSSR count). The van der Waals surface area contributed by atoms with Gasteiger partial charge in [-0.2, -0.15) is 0 Å². The lowest BCUT2D eigenvalue weighted by Gasteiger charge is -2.05. The van der Waals surface area contributed by atoms with Gasteiger partial charge in [-0.25, -0.2) is 4.98 Å². The van der Waals surface area contributed by atoms with E-state index in [4.69, 9.17) is 0 Å². The van der Waals surface area contributed by atoms with E-state index < -0.39 is 0 Å². The number of benzene rings is 1. The van der Waals surface area contributed by atoms with Crippen LogP contribution in [0.1, 0.15) is 12.6 Å². The Labute approximate surface area is 88.6 Å². The summed E-state index contributed by atoms with van der Waals surface area (Å²) in [5, 5.41) is 3.71. The van der Waals surface area contributed by atoms with Gasteiger partial charge in [0.2, 0.25) is 0 Å². The summed E-state index contributed by atoms with van der Waals surface area (Å²) in [4.78, 5) is 4.55. The van der Waals surface area contributed by atoms with Gasteiger partial charge < -0.3 is 0 Å². The lowest BCUT2D eigenvalue weighted by molar-refractivity contribution is 1.10. The van der Waals surface area contributed by atoms with Crippen molar-refractivity contribution < 1.29 is 0 Å². The van der Waals surface area contributed by atoms with Crippen LogP contribution >= 0.6 is 11.8 Å². The number of rotatable bonds is 2. The van der Waals surface area contributed by atoms with Gasteiger partial charge in [0.25, 0.3) is 0 Å². The van der Waals surface area contributed by atoms with Crippen molar-refractivity contribution in [2.45, 2.75) is 18.9 Å². The third-order valence-corrected chi connectivity index (χ3v) is 2.99. The highest BCUT2D eigenvalue weighted by Crippen LogP contribution is 2.26. The Kier molecular flexibility index (Phi) is 2.73. The summed E-state index contributed by atoms with van der Waals surface area (Å²) in [7, 11) is 0. The SMILES string of the molecule is CCSc1nc(C)cc2ccccc12. The zero-order valence-electron chi connectivity index (χ0n) is 8.45. The van der Waals surface area contributed by atoms with Crippen LogP contribution in [0.2, 0.25) is 0 Å². The smallest absolute Gasteiger partial charge is 0.104 e. The molecule has 0 bridgehead atoms. The van der Waals surface area contributed by atoms with Gasteiger partial charge in [-0.05, 0) is 24.1 Å². The summed E-state index contributed by atoms with van der Waals surface area (Å²) < 4.78 is 0. The maximum Gasteiger partial charge on any atom is 0.104 e. The van der Waals surface area contributed by atoms with Gasteiger partial charge in [0, 0.05) is 11.1 Å².